The zero-order valence-corrected chi connectivity index (χ0v) is 18.4. The predicted molar refractivity (Wildman–Crippen MR) is 118 cm³/mol. The maximum atomic E-state index is 12.8. The number of anilines is 1. The Morgan fingerprint density at radius 1 is 1.19 bits per heavy atom. The van der Waals surface area contributed by atoms with E-state index in [0.717, 1.165) is 11.0 Å². The van der Waals surface area contributed by atoms with Crippen LogP contribution in [0.5, 0.6) is 5.75 Å². The Kier molecular flexibility index (Phi) is 7.37. The van der Waals surface area contributed by atoms with E-state index in [1.165, 1.54) is 11.6 Å². The van der Waals surface area contributed by atoms with Gasteiger partial charge in [-0.25, -0.2) is 4.79 Å². The average molecular weight is 452 g/mol. The molecule has 0 radical (unpaired) electrons. The Bertz CT molecular complexity index is 1150. The molecule has 2 aromatic heterocycles. The first-order valence-corrected chi connectivity index (χ1v) is 10.2. The molecule has 0 saturated heterocycles. The van der Waals surface area contributed by atoms with Crippen molar-refractivity contribution in [2.45, 2.75) is 19.1 Å². The van der Waals surface area contributed by atoms with Crippen LogP contribution in [-0.2, 0) is 25.4 Å². The normalized spacial score (nSPS) is 12.3. The van der Waals surface area contributed by atoms with Crippen LogP contribution in [0.25, 0.3) is 11.2 Å². The number of benzene rings is 1. The molecule has 2 N–H and O–H groups in total. The molecule has 31 heavy (non-hydrogen) atoms. The van der Waals surface area contributed by atoms with Gasteiger partial charge in [-0.05, 0) is 30.7 Å². The minimum Gasteiger partial charge on any atom is -0.491 e. The lowest BCUT2D eigenvalue weighted by atomic mass is 10.3. The largest absolute Gasteiger partial charge is 0.491 e. The third-order valence-corrected chi connectivity index (χ3v) is 5.06. The van der Waals surface area contributed by atoms with Crippen LogP contribution in [0, 0.1) is 0 Å². The van der Waals surface area contributed by atoms with Gasteiger partial charge in [0.1, 0.15) is 18.5 Å². The number of aromatic nitrogens is 4. The van der Waals surface area contributed by atoms with Crippen LogP contribution in [0.4, 0.5) is 5.95 Å². The van der Waals surface area contributed by atoms with E-state index in [-0.39, 0.29) is 24.3 Å². The van der Waals surface area contributed by atoms with Gasteiger partial charge < -0.3 is 24.5 Å². The summed E-state index contributed by atoms with van der Waals surface area (Å²) in [6, 6.07) is 6.80. The van der Waals surface area contributed by atoms with E-state index in [9.17, 15) is 14.7 Å². The Morgan fingerprint density at radius 3 is 2.58 bits per heavy atom. The SMILES string of the molecule is COCCCNc1nc2c(c(=O)n(C)c(=O)n2C)n1C[C@@H](O)COc1ccc(Cl)cc1. The molecule has 0 spiro atoms. The molecular weight excluding hydrogens is 426 g/mol. The molecule has 11 heteroatoms. The van der Waals surface area contributed by atoms with E-state index in [0.29, 0.717) is 29.9 Å². The first kappa shape index (κ1) is 22.9. The summed E-state index contributed by atoms with van der Waals surface area (Å²) in [7, 11) is 4.58. The van der Waals surface area contributed by atoms with E-state index in [1.54, 1.807) is 43.0 Å². The fourth-order valence-corrected chi connectivity index (χ4v) is 3.29. The smallest absolute Gasteiger partial charge is 0.332 e. The minimum atomic E-state index is -0.936. The Hall–Kier alpha value is -2.82. The molecule has 0 fully saturated rings. The number of ether oxygens (including phenoxy) is 2. The van der Waals surface area contributed by atoms with Crippen molar-refractivity contribution >= 4 is 28.7 Å². The Labute approximate surface area is 183 Å². The number of methoxy groups -OCH3 is 1. The van der Waals surface area contributed by atoms with Crippen LogP contribution in [0.3, 0.4) is 0 Å². The topological polar surface area (TPSA) is 113 Å². The summed E-state index contributed by atoms with van der Waals surface area (Å²) in [5.74, 6) is 0.949. The molecule has 1 atom stereocenters. The standard InChI is InChI=1S/C20H26ClN5O5/c1-24-17-16(18(28)25(2)20(24)29)26(19(23-17)22-9-4-10-30-3)11-14(27)12-31-15-7-5-13(21)6-8-15/h5-8,14,27H,4,9-12H2,1-3H3,(H,22,23)/t14-/m1/s1. The van der Waals surface area contributed by atoms with Crippen LogP contribution in [0.1, 0.15) is 6.42 Å². The van der Waals surface area contributed by atoms with Gasteiger partial charge in [0.05, 0.1) is 6.54 Å². The van der Waals surface area contributed by atoms with Crippen molar-refractivity contribution in [3.8, 4) is 5.75 Å². The molecular formula is C20H26ClN5O5. The first-order valence-electron chi connectivity index (χ1n) is 9.79. The highest BCUT2D eigenvalue weighted by molar-refractivity contribution is 6.30. The van der Waals surface area contributed by atoms with Gasteiger partial charge in [-0.2, -0.15) is 4.98 Å². The molecule has 168 valence electrons. The summed E-state index contributed by atoms with van der Waals surface area (Å²) in [6.07, 6.45) is -0.214. The highest BCUT2D eigenvalue weighted by Gasteiger charge is 2.21. The number of aryl methyl sites for hydroxylation is 1. The van der Waals surface area contributed by atoms with Gasteiger partial charge in [-0.1, -0.05) is 11.6 Å². The highest BCUT2D eigenvalue weighted by Crippen LogP contribution is 2.18. The molecule has 2 heterocycles. The van der Waals surface area contributed by atoms with E-state index in [1.807, 2.05) is 0 Å². The van der Waals surface area contributed by atoms with Gasteiger partial charge in [-0.3, -0.25) is 13.9 Å². The number of aliphatic hydroxyl groups is 1. The third kappa shape index (κ3) is 5.09. The minimum absolute atomic E-state index is 0.00347. The third-order valence-electron chi connectivity index (χ3n) is 4.81. The van der Waals surface area contributed by atoms with Gasteiger partial charge in [0.2, 0.25) is 5.95 Å². The van der Waals surface area contributed by atoms with Gasteiger partial charge in [-0.15, -0.1) is 0 Å². The monoisotopic (exact) mass is 451 g/mol. The van der Waals surface area contributed by atoms with Crippen molar-refractivity contribution in [2.24, 2.45) is 14.1 Å². The number of imidazole rings is 1. The van der Waals surface area contributed by atoms with Crippen molar-refractivity contribution in [1.29, 1.82) is 0 Å². The summed E-state index contributed by atoms with van der Waals surface area (Å²) >= 11 is 5.87. The van der Waals surface area contributed by atoms with Crippen LogP contribution in [0.15, 0.2) is 33.9 Å². The van der Waals surface area contributed by atoms with Crippen molar-refractivity contribution in [1.82, 2.24) is 18.7 Å². The zero-order chi connectivity index (χ0) is 22.5. The van der Waals surface area contributed by atoms with Gasteiger partial charge in [0.25, 0.3) is 5.56 Å². The molecule has 0 aliphatic rings. The van der Waals surface area contributed by atoms with E-state index >= 15 is 0 Å². The molecule has 3 aromatic rings. The van der Waals surface area contributed by atoms with E-state index in [4.69, 9.17) is 21.1 Å². The van der Waals surface area contributed by atoms with Crippen LogP contribution in [-0.4, -0.2) is 56.8 Å². The molecule has 0 unspecified atom stereocenters. The fraction of sp³-hybridized carbons (Fsp3) is 0.450. The van der Waals surface area contributed by atoms with E-state index < -0.39 is 17.4 Å². The number of nitrogens with zero attached hydrogens (tertiary/aromatic N) is 4. The number of aliphatic hydroxyl groups excluding tert-OH is 1. The molecule has 0 aliphatic carbocycles. The maximum absolute atomic E-state index is 12.8. The lowest BCUT2D eigenvalue weighted by Gasteiger charge is -2.16. The second kappa shape index (κ2) is 9.99. The number of rotatable bonds is 10. The lowest BCUT2D eigenvalue weighted by Crippen LogP contribution is -2.38. The molecule has 3 rings (SSSR count). The van der Waals surface area contributed by atoms with Crippen LogP contribution < -0.4 is 21.3 Å². The van der Waals surface area contributed by atoms with Gasteiger partial charge in [0, 0.05) is 39.4 Å². The Balaban J connectivity index is 1.89. The van der Waals surface area contributed by atoms with E-state index in [2.05, 4.69) is 10.3 Å². The lowest BCUT2D eigenvalue weighted by molar-refractivity contribution is 0.0938. The average Bonchev–Trinajstić information content (AvgIpc) is 3.11. The fourth-order valence-electron chi connectivity index (χ4n) is 3.16. The second-order valence-corrected chi connectivity index (χ2v) is 7.55. The second-order valence-electron chi connectivity index (χ2n) is 7.12. The summed E-state index contributed by atoms with van der Waals surface area (Å²) in [5.41, 5.74) is -0.487. The summed E-state index contributed by atoms with van der Waals surface area (Å²) in [6.45, 7) is 1.15. The molecule has 0 bridgehead atoms. The predicted octanol–water partition coefficient (Wildman–Crippen LogP) is 0.975. The van der Waals surface area contributed by atoms with Crippen molar-refractivity contribution in [3.63, 3.8) is 0 Å². The van der Waals surface area contributed by atoms with Crippen molar-refractivity contribution in [3.05, 3.63) is 50.1 Å². The van der Waals surface area contributed by atoms with Crippen LogP contribution in [0.2, 0.25) is 5.02 Å². The number of hydrogen-bond acceptors (Lipinski definition) is 7. The maximum Gasteiger partial charge on any atom is 0.332 e. The van der Waals surface area contributed by atoms with Crippen molar-refractivity contribution < 1.29 is 14.6 Å². The summed E-state index contributed by atoms with van der Waals surface area (Å²) < 4.78 is 14.6. The highest BCUT2D eigenvalue weighted by atomic mass is 35.5. The summed E-state index contributed by atoms with van der Waals surface area (Å²) in [5, 5.41) is 14.3. The first-order chi connectivity index (χ1) is 14.8. The quantitative estimate of drug-likeness (QED) is 0.442. The number of fused-ring (bicyclic) bond motifs is 1. The zero-order valence-electron chi connectivity index (χ0n) is 17.7. The van der Waals surface area contributed by atoms with Crippen LogP contribution >= 0.6 is 11.6 Å². The summed E-state index contributed by atoms with van der Waals surface area (Å²) in [4.78, 5) is 29.6. The molecule has 0 amide bonds. The number of nitrogens with one attached hydrogen (secondary N) is 1. The molecule has 0 saturated carbocycles. The van der Waals surface area contributed by atoms with Gasteiger partial charge in [0.15, 0.2) is 11.2 Å². The van der Waals surface area contributed by atoms with Gasteiger partial charge >= 0.3 is 5.69 Å². The molecule has 1 aromatic carbocycles. The number of hydrogen-bond donors (Lipinski definition) is 2. The van der Waals surface area contributed by atoms with Crippen molar-refractivity contribution in [2.75, 3.05) is 32.2 Å². The number of halogens is 1. The Morgan fingerprint density at radius 2 is 1.90 bits per heavy atom. The molecule has 0 aliphatic heterocycles. The molecule has 10 nitrogen and oxygen atoms in total.